The third-order valence-electron chi connectivity index (χ3n) is 4.59. The van der Waals surface area contributed by atoms with Crippen LogP contribution in [0.5, 0.6) is 0 Å². The van der Waals surface area contributed by atoms with E-state index < -0.39 is 5.92 Å². The molecule has 0 aromatic heterocycles. The molecule has 1 fully saturated rings. The Labute approximate surface area is 161 Å². The molecule has 0 aliphatic carbocycles. The fraction of sp³-hybridized carbons (Fsp3) is 0.650. The Morgan fingerprint density at radius 3 is 2.70 bits per heavy atom. The van der Waals surface area contributed by atoms with Crippen molar-refractivity contribution in [1.29, 1.82) is 0 Å². The fourth-order valence-electron chi connectivity index (χ4n) is 3.08. The predicted molar refractivity (Wildman–Crippen MR) is 103 cm³/mol. The van der Waals surface area contributed by atoms with Crippen molar-refractivity contribution in [2.75, 3.05) is 19.8 Å². The van der Waals surface area contributed by atoms with Crippen LogP contribution < -0.4 is 5.32 Å². The number of nitrogens with one attached hydrogen (secondary N) is 1. The van der Waals surface area contributed by atoms with E-state index in [9.17, 15) is 19.5 Å². The van der Waals surface area contributed by atoms with E-state index in [-0.39, 0.29) is 55.9 Å². The molecular weight excluding hydrogens is 348 g/mol. The van der Waals surface area contributed by atoms with Crippen molar-refractivity contribution in [1.82, 2.24) is 10.2 Å². The van der Waals surface area contributed by atoms with Crippen molar-refractivity contribution in [2.45, 2.75) is 57.5 Å². The van der Waals surface area contributed by atoms with Crippen LogP contribution >= 0.6 is 0 Å². The summed E-state index contributed by atoms with van der Waals surface area (Å²) in [7, 11) is 0. The fourth-order valence-corrected chi connectivity index (χ4v) is 3.08. The van der Waals surface area contributed by atoms with Gasteiger partial charge in [-0.15, -0.1) is 13.2 Å². The topological polar surface area (TPSA) is 95.9 Å². The lowest BCUT2D eigenvalue weighted by Gasteiger charge is -2.25. The zero-order valence-corrected chi connectivity index (χ0v) is 16.2. The molecule has 1 saturated heterocycles. The van der Waals surface area contributed by atoms with Crippen LogP contribution in [0.4, 0.5) is 0 Å². The summed E-state index contributed by atoms with van der Waals surface area (Å²) < 4.78 is 5.11. The second-order valence-corrected chi connectivity index (χ2v) is 6.91. The average molecular weight is 380 g/mol. The summed E-state index contributed by atoms with van der Waals surface area (Å²) in [5.41, 5.74) is 0. The number of rotatable bonds is 12. The molecule has 0 aromatic carbocycles. The second kappa shape index (κ2) is 12.3. The van der Waals surface area contributed by atoms with E-state index >= 15 is 0 Å². The minimum atomic E-state index is -0.533. The van der Waals surface area contributed by atoms with Crippen molar-refractivity contribution < 1.29 is 24.2 Å². The van der Waals surface area contributed by atoms with Gasteiger partial charge in [-0.25, -0.2) is 0 Å². The Balaban J connectivity index is 2.51. The van der Waals surface area contributed by atoms with Gasteiger partial charge < -0.3 is 20.1 Å². The van der Waals surface area contributed by atoms with E-state index in [0.29, 0.717) is 19.4 Å². The summed E-state index contributed by atoms with van der Waals surface area (Å²) in [4.78, 5) is 38.2. The van der Waals surface area contributed by atoms with Gasteiger partial charge in [-0.2, -0.15) is 0 Å². The standard InChI is InChI=1S/C20H32N2O5/c1-4-6-10-19(25)27-14-15(3)21-20(26)16(8-5-2)12-18(24)22-11-7-9-17(22)13-23/h4-5,15-17,23H,1-2,6-14H2,3H3,(H,21,26)/t15-,16-,17-/m0/s1. The average Bonchev–Trinajstić information content (AvgIpc) is 3.13. The first kappa shape index (κ1) is 22.9. The maximum Gasteiger partial charge on any atom is 0.306 e. The van der Waals surface area contributed by atoms with Gasteiger partial charge in [0.25, 0.3) is 0 Å². The van der Waals surface area contributed by atoms with Gasteiger partial charge in [0, 0.05) is 19.4 Å². The molecule has 2 amide bonds. The number of carbonyl (C=O) groups excluding carboxylic acids is 3. The highest BCUT2D eigenvalue weighted by atomic mass is 16.5. The molecule has 0 saturated carbocycles. The van der Waals surface area contributed by atoms with Crippen molar-refractivity contribution in [3.8, 4) is 0 Å². The number of amides is 2. The number of aliphatic hydroxyl groups excluding tert-OH is 1. The number of allylic oxidation sites excluding steroid dienone is 2. The van der Waals surface area contributed by atoms with Crippen LogP contribution in [0.3, 0.4) is 0 Å². The van der Waals surface area contributed by atoms with E-state index in [1.165, 1.54) is 0 Å². The van der Waals surface area contributed by atoms with E-state index in [1.54, 1.807) is 24.0 Å². The molecule has 27 heavy (non-hydrogen) atoms. The molecule has 3 atom stereocenters. The largest absolute Gasteiger partial charge is 0.463 e. The van der Waals surface area contributed by atoms with Gasteiger partial charge in [0.1, 0.15) is 6.61 Å². The molecule has 0 spiro atoms. The molecule has 1 rings (SSSR count). The van der Waals surface area contributed by atoms with Crippen LogP contribution in [0.15, 0.2) is 25.3 Å². The van der Waals surface area contributed by atoms with Gasteiger partial charge in [-0.3, -0.25) is 14.4 Å². The molecule has 1 aliphatic heterocycles. The molecule has 1 heterocycles. The third-order valence-corrected chi connectivity index (χ3v) is 4.59. The molecule has 0 unspecified atom stereocenters. The summed E-state index contributed by atoms with van der Waals surface area (Å²) >= 11 is 0. The first-order valence-corrected chi connectivity index (χ1v) is 9.51. The molecule has 1 aliphatic rings. The molecule has 7 nitrogen and oxygen atoms in total. The van der Waals surface area contributed by atoms with Crippen LogP contribution in [0.1, 0.15) is 45.4 Å². The van der Waals surface area contributed by atoms with Gasteiger partial charge in [-0.1, -0.05) is 12.2 Å². The molecule has 0 aromatic rings. The second-order valence-electron chi connectivity index (χ2n) is 6.91. The number of carbonyl (C=O) groups is 3. The van der Waals surface area contributed by atoms with Crippen LogP contribution in [-0.2, 0) is 19.1 Å². The molecule has 2 N–H and O–H groups in total. The summed E-state index contributed by atoms with van der Waals surface area (Å²) in [6.07, 6.45) is 6.17. The number of hydrogen-bond acceptors (Lipinski definition) is 5. The highest BCUT2D eigenvalue weighted by Crippen LogP contribution is 2.20. The Morgan fingerprint density at radius 1 is 1.33 bits per heavy atom. The van der Waals surface area contributed by atoms with Gasteiger partial charge >= 0.3 is 5.97 Å². The highest BCUT2D eigenvalue weighted by Gasteiger charge is 2.31. The van der Waals surface area contributed by atoms with E-state index in [4.69, 9.17) is 4.74 Å². The highest BCUT2D eigenvalue weighted by molar-refractivity contribution is 5.86. The zero-order chi connectivity index (χ0) is 20.2. The smallest absolute Gasteiger partial charge is 0.306 e. The zero-order valence-electron chi connectivity index (χ0n) is 16.2. The molecule has 7 heteroatoms. The summed E-state index contributed by atoms with van der Waals surface area (Å²) in [6.45, 7) is 9.59. The van der Waals surface area contributed by atoms with E-state index in [1.807, 2.05) is 0 Å². The minimum Gasteiger partial charge on any atom is -0.463 e. The summed E-state index contributed by atoms with van der Waals surface area (Å²) in [6, 6.07) is -0.511. The lowest BCUT2D eigenvalue weighted by atomic mass is 9.99. The lowest BCUT2D eigenvalue weighted by molar-refractivity contribution is -0.145. The Hall–Kier alpha value is -2.15. The first-order valence-electron chi connectivity index (χ1n) is 9.51. The molecular formula is C20H32N2O5. The Bertz CT molecular complexity index is 534. The Kier molecular flexibility index (Phi) is 10.4. The molecule has 0 radical (unpaired) electrons. The maximum atomic E-state index is 12.5. The van der Waals surface area contributed by atoms with E-state index in [0.717, 1.165) is 12.8 Å². The predicted octanol–water partition coefficient (Wildman–Crippen LogP) is 1.57. The lowest BCUT2D eigenvalue weighted by Crippen LogP contribution is -2.43. The normalized spacial score (nSPS) is 18.4. The number of esters is 1. The monoisotopic (exact) mass is 380 g/mol. The third kappa shape index (κ3) is 7.95. The number of aliphatic hydroxyl groups is 1. The SMILES string of the molecule is C=CCCC(=O)OC[C@H](C)NC(=O)[C@@H](CC=C)CC(=O)N1CCC[C@H]1CO. The minimum absolute atomic E-state index is 0.0572. The van der Waals surface area contributed by atoms with Crippen molar-refractivity contribution in [3.63, 3.8) is 0 Å². The van der Waals surface area contributed by atoms with Gasteiger partial charge in [0.2, 0.25) is 11.8 Å². The number of ether oxygens (including phenoxy) is 1. The molecule has 0 bridgehead atoms. The summed E-state index contributed by atoms with van der Waals surface area (Å²) in [5, 5.41) is 12.2. The maximum absolute atomic E-state index is 12.5. The Morgan fingerprint density at radius 2 is 2.07 bits per heavy atom. The van der Waals surface area contributed by atoms with Crippen LogP contribution in [0.2, 0.25) is 0 Å². The quantitative estimate of drug-likeness (QED) is 0.396. The van der Waals surface area contributed by atoms with Crippen LogP contribution in [0.25, 0.3) is 0 Å². The van der Waals surface area contributed by atoms with Crippen molar-refractivity contribution >= 4 is 17.8 Å². The number of nitrogens with zero attached hydrogens (tertiary/aromatic N) is 1. The van der Waals surface area contributed by atoms with Gasteiger partial charge in [0.15, 0.2) is 0 Å². The van der Waals surface area contributed by atoms with Crippen LogP contribution in [0, 0.1) is 5.92 Å². The van der Waals surface area contributed by atoms with Crippen molar-refractivity contribution in [3.05, 3.63) is 25.3 Å². The van der Waals surface area contributed by atoms with Gasteiger partial charge in [0.05, 0.1) is 24.6 Å². The van der Waals surface area contributed by atoms with E-state index in [2.05, 4.69) is 18.5 Å². The van der Waals surface area contributed by atoms with Crippen LogP contribution in [-0.4, -0.2) is 59.6 Å². The molecule has 152 valence electrons. The first-order chi connectivity index (χ1) is 12.9. The van der Waals surface area contributed by atoms with Gasteiger partial charge in [-0.05, 0) is 32.6 Å². The van der Waals surface area contributed by atoms with Crippen molar-refractivity contribution in [2.24, 2.45) is 5.92 Å². The number of likely N-dealkylation sites (tertiary alicyclic amines) is 1. The summed E-state index contributed by atoms with van der Waals surface area (Å²) in [5.74, 6) is -1.26. The number of hydrogen-bond donors (Lipinski definition) is 2.